The van der Waals surface area contributed by atoms with Crippen molar-refractivity contribution in [2.75, 3.05) is 29.5 Å². The van der Waals surface area contributed by atoms with E-state index in [-0.39, 0.29) is 0 Å². The van der Waals surface area contributed by atoms with Crippen LogP contribution in [0.2, 0.25) is 0 Å². The topological polar surface area (TPSA) is 65.9 Å². The highest BCUT2D eigenvalue weighted by atomic mass is 32.2. The third-order valence-corrected chi connectivity index (χ3v) is 4.60. The van der Waals surface area contributed by atoms with Crippen molar-refractivity contribution >= 4 is 23.3 Å². The fourth-order valence-electron chi connectivity index (χ4n) is 2.04. The van der Waals surface area contributed by atoms with Gasteiger partial charge in [0, 0.05) is 29.8 Å². The second-order valence-corrected chi connectivity index (χ2v) is 6.85. The molecule has 1 aromatic heterocycles. The van der Waals surface area contributed by atoms with E-state index < -0.39 is 0 Å². The van der Waals surface area contributed by atoms with Crippen LogP contribution < -0.4 is 10.6 Å². The number of nitrogens with zero attached hydrogens (tertiary/aromatic N) is 3. The Balaban J connectivity index is 2.25. The molecule has 1 saturated heterocycles. The molecule has 2 rings (SSSR count). The molecule has 1 aliphatic rings. The maximum atomic E-state index is 9.00. The van der Waals surface area contributed by atoms with E-state index in [4.69, 9.17) is 11.0 Å². The van der Waals surface area contributed by atoms with Crippen molar-refractivity contribution in [2.45, 2.75) is 25.0 Å². The van der Waals surface area contributed by atoms with Gasteiger partial charge in [0.25, 0.3) is 0 Å². The highest BCUT2D eigenvalue weighted by molar-refractivity contribution is 8.00. The molecule has 0 aliphatic carbocycles. The minimum atomic E-state index is 0.302. The zero-order valence-electron chi connectivity index (χ0n) is 10.8. The van der Waals surface area contributed by atoms with Gasteiger partial charge in [0.2, 0.25) is 0 Å². The van der Waals surface area contributed by atoms with Gasteiger partial charge in [-0.2, -0.15) is 17.0 Å². The van der Waals surface area contributed by atoms with Crippen molar-refractivity contribution in [3.8, 4) is 6.07 Å². The maximum Gasteiger partial charge on any atom is 0.153 e. The van der Waals surface area contributed by atoms with Gasteiger partial charge in [0.15, 0.2) is 5.82 Å². The highest BCUT2D eigenvalue weighted by Gasteiger charge is 2.25. The number of nitriles is 1. The summed E-state index contributed by atoms with van der Waals surface area (Å²) in [5.41, 5.74) is 7.02. The van der Waals surface area contributed by atoms with Crippen molar-refractivity contribution in [2.24, 2.45) is 0 Å². The van der Waals surface area contributed by atoms with E-state index in [0.29, 0.717) is 16.0 Å². The summed E-state index contributed by atoms with van der Waals surface area (Å²) < 4.78 is 0.302. The van der Waals surface area contributed by atoms with E-state index in [1.165, 1.54) is 0 Å². The standard InChI is InChI=1S/C13H18N4S/c1-13(2)4-6-17(7-8-18-13)12-11(15)10(9-14)3-5-16-12/h3,5H,4,6-8,15H2,1-2H3. The van der Waals surface area contributed by atoms with Crippen LogP contribution >= 0.6 is 11.8 Å². The van der Waals surface area contributed by atoms with Crippen LogP contribution in [-0.4, -0.2) is 28.6 Å². The SMILES string of the molecule is CC1(C)CCN(c2nccc(C#N)c2N)CCS1. The number of hydrogen-bond donors (Lipinski definition) is 1. The normalized spacial score (nSPS) is 19.1. The molecular formula is C13H18N4S. The summed E-state index contributed by atoms with van der Waals surface area (Å²) in [7, 11) is 0. The molecule has 2 heterocycles. The minimum absolute atomic E-state index is 0.302. The first-order valence-electron chi connectivity index (χ1n) is 6.07. The zero-order valence-corrected chi connectivity index (χ0v) is 11.6. The number of pyridine rings is 1. The van der Waals surface area contributed by atoms with Crippen LogP contribution in [0.25, 0.3) is 0 Å². The van der Waals surface area contributed by atoms with E-state index >= 15 is 0 Å². The lowest BCUT2D eigenvalue weighted by atomic mass is 10.1. The molecule has 2 N–H and O–H groups in total. The predicted octanol–water partition coefficient (Wildman–Crippen LogP) is 2.26. The number of aromatic nitrogens is 1. The lowest BCUT2D eigenvalue weighted by Gasteiger charge is -2.24. The fourth-order valence-corrected chi connectivity index (χ4v) is 3.14. The summed E-state index contributed by atoms with van der Waals surface area (Å²) >= 11 is 1.98. The zero-order chi connectivity index (χ0) is 13.2. The molecular weight excluding hydrogens is 244 g/mol. The van der Waals surface area contributed by atoms with Gasteiger partial charge in [0.1, 0.15) is 6.07 Å². The summed E-state index contributed by atoms with van der Waals surface area (Å²) in [6.45, 7) is 6.40. The number of nitrogen functional groups attached to an aromatic ring is 1. The highest BCUT2D eigenvalue weighted by Crippen LogP contribution is 2.33. The Labute approximate surface area is 112 Å². The summed E-state index contributed by atoms with van der Waals surface area (Å²) in [5, 5.41) is 9.00. The molecule has 5 heteroatoms. The summed E-state index contributed by atoms with van der Waals surface area (Å²) in [5.74, 6) is 1.82. The predicted molar refractivity (Wildman–Crippen MR) is 76.7 cm³/mol. The van der Waals surface area contributed by atoms with Gasteiger partial charge in [-0.15, -0.1) is 0 Å². The first kappa shape index (κ1) is 13.0. The molecule has 0 aromatic carbocycles. The Morgan fingerprint density at radius 2 is 2.28 bits per heavy atom. The molecule has 0 spiro atoms. The van der Waals surface area contributed by atoms with E-state index in [1.807, 2.05) is 11.8 Å². The van der Waals surface area contributed by atoms with Crippen LogP contribution in [0.5, 0.6) is 0 Å². The maximum absolute atomic E-state index is 9.00. The number of hydrogen-bond acceptors (Lipinski definition) is 5. The van der Waals surface area contributed by atoms with E-state index in [1.54, 1.807) is 12.3 Å². The fraction of sp³-hybridized carbons (Fsp3) is 0.538. The van der Waals surface area contributed by atoms with Crippen molar-refractivity contribution in [3.63, 3.8) is 0 Å². The molecule has 1 aromatic rings. The van der Waals surface area contributed by atoms with E-state index in [9.17, 15) is 0 Å². The molecule has 0 saturated carbocycles. The van der Waals surface area contributed by atoms with Gasteiger partial charge in [0.05, 0.1) is 11.3 Å². The summed E-state index contributed by atoms with van der Waals surface area (Å²) in [6.07, 6.45) is 2.75. The molecule has 0 atom stereocenters. The second-order valence-electron chi connectivity index (χ2n) is 5.05. The van der Waals surface area contributed by atoms with Crippen molar-refractivity contribution in [1.82, 2.24) is 4.98 Å². The van der Waals surface area contributed by atoms with Gasteiger partial charge < -0.3 is 10.6 Å². The molecule has 0 amide bonds. The average Bonchev–Trinajstić information content (AvgIpc) is 2.51. The molecule has 0 bridgehead atoms. The van der Waals surface area contributed by atoms with Crippen LogP contribution in [0.1, 0.15) is 25.8 Å². The van der Waals surface area contributed by atoms with Crippen molar-refractivity contribution in [1.29, 1.82) is 5.26 Å². The van der Waals surface area contributed by atoms with E-state index in [2.05, 4.69) is 29.8 Å². The van der Waals surface area contributed by atoms with Crippen molar-refractivity contribution in [3.05, 3.63) is 17.8 Å². The van der Waals surface area contributed by atoms with Crippen LogP contribution in [0, 0.1) is 11.3 Å². The Kier molecular flexibility index (Phi) is 3.67. The van der Waals surface area contributed by atoms with Crippen molar-refractivity contribution < 1.29 is 0 Å². The largest absolute Gasteiger partial charge is 0.395 e. The molecule has 1 aliphatic heterocycles. The first-order chi connectivity index (χ1) is 8.53. The molecule has 1 fully saturated rings. The molecule has 96 valence electrons. The monoisotopic (exact) mass is 262 g/mol. The first-order valence-corrected chi connectivity index (χ1v) is 7.05. The molecule has 4 nitrogen and oxygen atoms in total. The van der Waals surface area contributed by atoms with E-state index in [0.717, 1.165) is 31.1 Å². The Hall–Kier alpha value is -1.41. The number of anilines is 2. The van der Waals surface area contributed by atoms with Crippen LogP contribution in [0.3, 0.4) is 0 Å². The number of thioether (sulfide) groups is 1. The minimum Gasteiger partial charge on any atom is -0.395 e. The molecule has 0 radical (unpaired) electrons. The Morgan fingerprint density at radius 3 is 3.00 bits per heavy atom. The smallest absolute Gasteiger partial charge is 0.153 e. The summed E-state index contributed by atoms with van der Waals surface area (Å²) in [6, 6.07) is 3.77. The molecule has 0 unspecified atom stereocenters. The lowest BCUT2D eigenvalue weighted by Crippen LogP contribution is -2.28. The van der Waals surface area contributed by atoms with Crippen LogP contribution in [-0.2, 0) is 0 Å². The van der Waals surface area contributed by atoms with Gasteiger partial charge in [-0.05, 0) is 12.5 Å². The third-order valence-electron chi connectivity index (χ3n) is 3.23. The van der Waals surface area contributed by atoms with Crippen LogP contribution in [0.4, 0.5) is 11.5 Å². The second kappa shape index (κ2) is 5.07. The lowest BCUT2D eigenvalue weighted by molar-refractivity contribution is 0.635. The average molecular weight is 262 g/mol. The Morgan fingerprint density at radius 1 is 1.50 bits per heavy atom. The Bertz CT molecular complexity index is 478. The van der Waals surface area contributed by atoms with Gasteiger partial charge >= 0.3 is 0 Å². The summed E-state index contributed by atoms with van der Waals surface area (Å²) in [4.78, 5) is 6.53. The van der Waals surface area contributed by atoms with Crippen LogP contribution in [0.15, 0.2) is 12.3 Å². The molecule has 18 heavy (non-hydrogen) atoms. The quantitative estimate of drug-likeness (QED) is 0.841. The number of rotatable bonds is 1. The third kappa shape index (κ3) is 2.70. The number of nitrogens with two attached hydrogens (primary N) is 1. The van der Waals surface area contributed by atoms with Gasteiger partial charge in [-0.1, -0.05) is 13.8 Å². The van der Waals surface area contributed by atoms with Gasteiger partial charge in [-0.3, -0.25) is 0 Å². The van der Waals surface area contributed by atoms with Gasteiger partial charge in [-0.25, -0.2) is 4.98 Å².